The van der Waals surface area contributed by atoms with Gasteiger partial charge in [-0.1, -0.05) is 53.8 Å². The molecule has 0 saturated heterocycles. The molecule has 0 bridgehead atoms. The maximum Gasteiger partial charge on any atom is 0.338 e. The molecule has 0 saturated carbocycles. The number of hydrogen-bond donors (Lipinski definition) is 0. The van der Waals surface area contributed by atoms with E-state index in [1.165, 1.54) is 23.5 Å². The molecule has 40 heavy (non-hydrogen) atoms. The van der Waals surface area contributed by atoms with Crippen molar-refractivity contribution in [2.75, 3.05) is 6.61 Å². The minimum atomic E-state index is -0.645. The highest BCUT2D eigenvalue weighted by atomic mass is 32.1. The molecule has 3 aromatic carbocycles. The third kappa shape index (κ3) is 5.48. The number of thiazole rings is 1. The van der Waals surface area contributed by atoms with Gasteiger partial charge in [0.15, 0.2) is 4.80 Å². The van der Waals surface area contributed by atoms with E-state index >= 15 is 0 Å². The van der Waals surface area contributed by atoms with Crippen molar-refractivity contribution in [1.29, 1.82) is 0 Å². The number of nitro benzene ring substituents is 1. The van der Waals surface area contributed by atoms with Crippen molar-refractivity contribution in [2.24, 2.45) is 4.99 Å². The van der Waals surface area contributed by atoms with Gasteiger partial charge in [-0.05, 0) is 60.9 Å². The van der Waals surface area contributed by atoms with Crippen molar-refractivity contribution >= 4 is 29.1 Å². The molecule has 9 nitrogen and oxygen atoms in total. The number of nitrogens with zero attached hydrogens (tertiary/aromatic N) is 3. The van der Waals surface area contributed by atoms with Crippen LogP contribution in [0.3, 0.4) is 0 Å². The molecule has 0 amide bonds. The van der Waals surface area contributed by atoms with Gasteiger partial charge in [0.05, 0.1) is 33.4 Å². The number of rotatable bonds is 8. The topological polar surface area (TPSA) is 113 Å². The number of non-ortho nitro benzene ring substituents is 1. The highest BCUT2D eigenvalue weighted by molar-refractivity contribution is 7.07. The molecule has 1 aromatic heterocycles. The summed E-state index contributed by atoms with van der Waals surface area (Å²) in [6.45, 7) is 3.98. The quantitative estimate of drug-likeness (QED) is 0.182. The van der Waals surface area contributed by atoms with Crippen LogP contribution >= 0.6 is 11.3 Å². The van der Waals surface area contributed by atoms with E-state index in [2.05, 4.69) is 4.99 Å². The lowest BCUT2D eigenvalue weighted by atomic mass is 9.96. The first-order chi connectivity index (χ1) is 19.4. The summed E-state index contributed by atoms with van der Waals surface area (Å²) >= 11 is 1.26. The fraction of sp³-hybridized carbons (Fsp3) is 0.167. The van der Waals surface area contributed by atoms with Crippen LogP contribution in [-0.4, -0.2) is 22.1 Å². The van der Waals surface area contributed by atoms with E-state index in [1.54, 1.807) is 48.8 Å². The first-order valence-corrected chi connectivity index (χ1v) is 13.4. The van der Waals surface area contributed by atoms with E-state index in [4.69, 9.17) is 9.47 Å². The van der Waals surface area contributed by atoms with Crippen LogP contribution in [0.5, 0.6) is 5.75 Å². The van der Waals surface area contributed by atoms with Crippen LogP contribution < -0.4 is 19.6 Å². The monoisotopic (exact) mass is 555 g/mol. The number of aromatic nitrogens is 1. The molecule has 0 spiro atoms. The van der Waals surface area contributed by atoms with Crippen molar-refractivity contribution in [3.05, 3.63) is 137 Å². The van der Waals surface area contributed by atoms with Gasteiger partial charge in [0.25, 0.3) is 11.2 Å². The second-order valence-electron chi connectivity index (χ2n) is 8.99. The van der Waals surface area contributed by atoms with Gasteiger partial charge in [-0.2, -0.15) is 0 Å². The number of carbonyl (C=O) groups excluding carboxylic acids is 1. The average molecular weight is 556 g/mol. The Bertz CT molecular complexity index is 1770. The summed E-state index contributed by atoms with van der Waals surface area (Å²) in [5.74, 6) is 0.131. The minimum Gasteiger partial charge on any atom is -0.489 e. The predicted octanol–water partition coefficient (Wildman–Crippen LogP) is 4.29. The first kappa shape index (κ1) is 26.8. The minimum absolute atomic E-state index is 0.0285. The van der Waals surface area contributed by atoms with Gasteiger partial charge in [-0.15, -0.1) is 0 Å². The van der Waals surface area contributed by atoms with E-state index in [0.29, 0.717) is 26.4 Å². The van der Waals surface area contributed by atoms with Gasteiger partial charge < -0.3 is 9.47 Å². The number of carbonyl (C=O) groups is 1. The second kappa shape index (κ2) is 11.5. The Morgan fingerprint density at radius 2 is 1.77 bits per heavy atom. The molecule has 1 atom stereocenters. The summed E-state index contributed by atoms with van der Waals surface area (Å²) in [4.78, 5) is 42.1. The number of allylic oxidation sites excluding steroid dienone is 1. The Morgan fingerprint density at radius 1 is 1.07 bits per heavy atom. The second-order valence-corrected chi connectivity index (χ2v) is 10.0. The van der Waals surface area contributed by atoms with Gasteiger partial charge in [-0.25, -0.2) is 9.79 Å². The summed E-state index contributed by atoms with van der Waals surface area (Å²) < 4.78 is 13.2. The van der Waals surface area contributed by atoms with Crippen molar-refractivity contribution in [1.82, 2.24) is 4.57 Å². The van der Waals surface area contributed by atoms with Crippen LogP contribution in [-0.2, 0) is 16.1 Å². The Balaban J connectivity index is 1.43. The number of fused-ring (bicyclic) bond motifs is 1. The highest BCUT2D eigenvalue weighted by Gasteiger charge is 2.33. The molecule has 0 N–H and O–H groups in total. The summed E-state index contributed by atoms with van der Waals surface area (Å²) in [5, 5.41) is 10.8. The van der Waals surface area contributed by atoms with E-state index in [-0.39, 0.29) is 24.5 Å². The molecule has 2 heterocycles. The van der Waals surface area contributed by atoms with Gasteiger partial charge in [-0.3, -0.25) is 19.5 Å². The maximum atomic E-state index is 13.7. The summed E-state index contributed by atoms with van der Waals surface area (Å²) in [6.07, 6.45) is 1.79. The van der Waals surface area contributed by atoms with Gasteiger partial charge in [0.1, 0.15) is 12.4 Å². The third-order valence-electron chi connectivity index (χ3n) is 6.36. The zero-order valence-electron chi connectivity index (χ0n) is 21.8. The summed E-state index contributed by atoms with van der Waals surface area (Å²) in [7, 11) is 0. The van der Waals surface area contributed by atoms with Crippen molar-refractivity contribution < 1.29 is 19.2 Å². The predicted molar refractivity (Wildman–Crippen MR) is 151 cm³/mol. The molecule has 0 fully saturated rings. The lowest BCUT2D eigenvalue weighted by Crippen LogP contribution is -2.39. The summed E-state index contributed by atoms with van der Waals surface area (Å²) in [6, 6.07) is 22.2. The number of nitro groups is 1. The summed E-state index contributed by atoms with van der Waals surface area (Å²) in [5.41, 5.74) is 3.05. The lowest BCUT2D eigenvalue weighted by Gasteiger charge is -2.24. The van der Waals surface area contributed by atoms with E-state index in [9.17, 15) is 19.7 Å². The Morgan fingerprint density at radius 3 is 2.42 bits per heavy atom. The molecule has 4 aromatic rings. The molecule has 10 heteroatoms. The van der Waals surface area contributed by atoms with Crippen LogP contribution in [0.1, 0.15) is 36.6 Å². The molecule has 1 aliphatic rings. The van der Waals surface area contributed by atoms with Gasteiger partial charge in [0.2, 0.25) is 0 Å². The van der Waals surface area contributed by atoms with E-state index < -0.39 is 16.9 Å². The molecule has 1 aliphatic heterocycles. The number of esters is 1. The number of hydrogen-bond acceptors (Lipinski definition) is 8. The first-order valence-electron chi connectivity index (χ1n) is 12.6. The Kier molecular flexibility index (Phi) is 7.70. The lowest BCUT2D eigenvalue weighted by molar-refractivity contribution is -0.384. The number of benzene rings is 3. The third-order valence-corrected chi connectivity index (χ3v) is 7.35. The van der Waals surface area contributed by atoms with E-state index in [0.717, 1.165) is 16.7 Å². The normalized spacial score (nSPS) is 14.8. The van der Waals surface area contributed by atoms with Crippen LogP contribution in [0.2, 0.25) is 0 Å². The zero-order valence-corrected chi connectivity index (χ0v) is 22.6. The SMILES string of the molecule is CCOC(=O)C1=C(C)N=c2s/c(=C/c3ccc(OCc4ccc([N+](=O)[O-])cc4)cc3)c(=O)n2C1c1ccccc1. The molecular weight excluding hydrogens is 530 g/mol. The molecule has 1 unspecified atom stereocenters. The fourth-order valence-electron chi connectivity index (χ4n) is 4.43. The zero-order chi connectivity index (χ0) is 28.2. The Hall–Kier alpha value is -4.83. The van der Waals surface area contributed by atoms with Crippen LogP contribution in [0.25, 0.3) is 6.08 Å². The van der Waals surface area contributed by atoms with Crippen LogP contribution in [0.4, 0.5) is 5.69 Å². The molecular formula is C30H25N3O6S. The molecule has 202 valence electrons. The average Bonchev–Trinajstić information content (AvgIpc) is 3.26. The van der Waals surface area contributed by atoms with Gasteiger partial charge >= 0.3 is 5.97 Å². The Labute approximate surface area is 233 Å². The van der Waals surface area contributed by atoms with Crippen LogP contribution in [0, 0.1) is 10.1 Å². The van der Waals surface area contributed by atoms with Gasteiger partial charge in [0, 0.05) is 12.1 Å². The number of ether oxygens (including phenoxy) is 2. The van der Waals surface area contributed by atoms with Crippen molar-refractivity contribution in [3.63, 3.8) is 0 Å². The molecule has 0 radical (unpaired) electrons. The van der Waals surface area contributed by atoms with Crippen LogP contribution in [0.15, 0.2) is 99.9 Å². The van der Waals surface area contributed by atoms with Crippen molar-refractivity contribution in [3.8, 4) is 5.75 Å². The highest BCUT2D eigenvalue weighted by Crippen LogP contribution is 2.30. The van der Waals surface area contributed by atoms with E-state index in [1.807, 2.05) is 42.5 Å². The maximum absolute atomic E-state index is 13.7. The largest absolute Gasteiger partial charge is 0.489 e. The van der Waals surface area contributed by atoms with Crippen molar-refractivity contribution in [2.45, 2.75) is 26.5 Å². The molecule has 5 rings (SSSR count). The smallest absolute Gasteiger partial charge is 0.338 e. The fourth-order valence-corrected chi connectivity index (χ4v) is 5.48. The molecule has 0 aliphatic carbocycles. The standard InChI is InChI=1S/C30H25N3O6S/c1-3-38-29(35)26-19(2)31-30-32(27(26)22-7-5-4-6-8-22)28(34)25(40-30)17-20-11-15-24(16-12-20)39-18-21-9-13-23(14-10-21)33(36)37/h4-17,27H,3,18H2,1-2H3/b25-17+.